The average molecular weight is 755 g/mol. The number of carbonyl (C=O) groups is 3. The van der Waals surface area contributed by atoms with E-state index in [0.717, 1.165) is 0 Å². The SMILES string of the molecule is NCCOCCOCCOCCNC(=O)CCC(N)(CCC(=O)CCOCCOCCOCCN)CCC(=O)NCCOCCOCCOCCN. The molecule has 52 heavy (non-hydrogen) atoms. The van der Waals surface area contributed by atoms with Crippen LogP contribution in [0.5, 0.6) is 0 Å². The Hall–Kier alpha value is -1.91. The van der Waals surface area contributed by atoms with Gasteiger partial charge >= 0.3 is 0 Å². The summed E-state index contributed by atoms with van der Waals surface area (Å²) in [5, 5.41) is 5.65. The van der Waals surface area contributed by atoms with Crippen LogP contribution >= 0.6 is 0 Å². The molecule has 0 bridgehead atoms. The largest absolute Gasteiger partial charge is 0.379 e. The van der Waals surface area contributed by atoms with Crippen molar-refractivity contribution in [2.24, 2.45) is 22.9 Å². The van der Waals surface area contributed by atoms with Gasteiger partial charge in [0.05, 0.1) is 119 Å². The summed E-state index contributed by atoms with van der Waals surface area (Å²) in [6, 6.07) is 0. The molecule has 0 atom stereocenters. The van der Waals surface area contributed by atoms with Crippen LogP contribution in [0.3, 0.4) is 0 Å². The minimum absolute atomic E-state index is 0.00624. The number of hydrogen-bond acceptors (Lipinski definition) is 16. The van der Waals surface area contributed by atoms with Gasteiger partial charge in [0.2, 0.25) is 11.8 Å². The van der Waals surface area contributed by atoms with Crippen LogP contribution in [0, 0.1) is 0 Å². The molecule has 308 valence electrons. The van der Waals surface area contributed by atoms with E-state index in [-0.39, 0.29) is 49.9 Å². The molecular formula is C34H70N6O12. The Morgan fingerprint density at radius 3 is 1.02 bits per heavy atom. The fourth-order valence-corrected chi connectivity index (χ4v) is 4.38. The molecule has 0 unspecified atom stereocenters. The number of ether oxygens (including phenoxy) is 9. The van der Waals surface area contributed by atoms with Gasteiger partial charge in [-0.1, -0.05) is 0 Å². The lowest BCUT2D eigenvalue weighted by Gasteiger charge is -2.29. The summed E-state index contributed by atoms with van der Waals surface area (Å²) in [6.07, 6.45) is 1.69. The van der Waals surface area contributed by atoms with Crippen molar-refractivity contribution < 1.29 is 57.0 Å². The van der Waals surface area contributed by atoms with E-state index in [1.54, 1.807) is 0 Å². The summed E-state index contributed by atoms with van der Waals surface area (Å²) in [6.45, 7) is 9.69. The van der Waals surface area contributed by atoms with Crippen molar-refractivity contribution >= 4 is 17.6 Å². The fourth-order valence-electron chi connectivity index (χ4n) is 4.38. The number of amides is 2. The highest BCUT2D eigenvalue weighted by molar-refractivity contribution is 5.79. The van der Waals surface area contributed by atoms with Gasteiger partial charge in [-0.2, -0.15) is 0 Å². The first-order valence-electron chi connectivity index (χ1n) is 18.5. The topological polar surface area (TPSA) is 262 Å². The van der Waals surface area contributed by atoms with E-state index in [4.69, 9.17) is 65.6 Å². The van der Waals surface area contributed by atoms with Crippen molar-refractivity contribution in [3.8, 4) is 0 Å². The van der Waals surface area contributed by atoms with Crippen LogP contribution < -0.4 is 33.6 Å². The van der Waals surface area contributed by atoms with E-state index < -0.39 is 5.54 Å². The number of hydrogen-bond donors (Lipinski definition) is 6. The van der Waals surface area contributed by atoms with Crippen molar-refractivity contribution in [3.05, 3.63) is 0 Å². The van der Waals surface area contributed by atoms with E-state index in [1.807, 2.05) is 0 Å². The second-order valence-electron chi connectivity index (χ2n) is 11.7. The maximum Gasteiger partial charge on any atom is 0.220 e. The summed E-state index contributed by atoms with van der Waals surface area (Å²) in [7, 11) is 0. The lowest BCUT2D eigenvalue weighted by molar-refractivity contribution is -0.121. The van der Waals surface area contributed by atoms with Gasteiger partial charge in [-0.05, 0) is 19.3 Å². The molecule has 0 aromatic carbocycles. The molecule has 2 amide bonds. The van der Waals surface area contributed by atoms with Crippen molar-refractivity contribution in [2.75, 3.05) is 152 Å². The second-order valence-corrected chi connectivity index (χ2v) is 11.7. The Morgan fingerprint density at radius 1 is 0.385 bits per heavy atom. The zero-order chi connectivity index (χ0) is 38.2. The van der Waals surface area contributed by atoms with Gasteiger partial charge in [0, 0.05) is 63.9 Å². The van der Waals surface area contributed by atoms with Crippen LogP contribution in [0.25, 0.3) is 0 Å². The lowest BCUT2D eigenvalue weighted by Crippen LogP contribution is -2.43. The van der Waals surface area contributed by atoms with Gasteiger partial charge in [-0.3, -0.25) is 14.4 Å². The second kappa shape index (κ2) is 38.8. The highest BCUT2D eigenvalue weighted by Gasteiger charge is 2.27. The molecule has 0 spiro atoms. The minimum atomic E-state index is -0.894. The van der Waals surface area contributed by atoms with Crippen LogP contribution in [0.15, 0.2) is 0 Å². The van der Waals surface area contributed by atoms with E-state index in [1.165, 1.54) is 0 Å². The highest BCUT2D eigenvalue weighted by atomic mass is 16.6. The Labute approximate surface area is 310 Å². The number of ketones is 1. The standard InChI is InChI=1S/C34H70N6O12/c35-8-14-45-20-26-50-25-19-44-13-4-31(41)1-5-34(38,6-2-32(42)39-11-17-48-23-29-51-27-21-46-15-9-36)7-3-33(43)40-12-18-49-24-30-52-28-22-47-16-10-37/h1-30,35-38H2,(H,39,42)(H,40,43). The third kappa shape index (κ3) is 36.4. The third-order valence-corrected chi connectivity index (χ3v) is 7.28. The Balaban J connectivity index is 4.47. The molecule has 0 rings (SSSR count). The maximum atomic E-state index is 12.6. The van der Waals surface area contributed by atoms with Crippen molar-refractivity contribution in [2.45, 2.75) is 50.5 Å². The van der Waals surface area contributed by atoms with E-state index in [2.05, 4.69) is 10.6 Å². The summed E-state index contributed by atoms with van der Waals surface area (Å²) >= 11 is 0. The monoisotopic (exact) mass is 755 g/mol. The smallest absolute Gasteiger partial charge is 0.220 e. The molecule has 18 nitrogen and oxygen atoms in total. The minimum Gasteiger partial charge on any atom is -0.379 e. The molecule has 10 N–H and O–H groups in total. The van der Waals surface area contributed by atoms with Crippen molar-refractivity contribution in [3.63, 3.8) is 0 Å². The molecule has 0 heterocycles. The molecule has 0 radical (unpaired) electrons. The summed E-state index contributed by atoms with van der Waals surface area (Å²) in [5.41, 5.74) is 21.9. The van der Waals surface area contributed by atoms with Gasteiger partial charge in [0.1, 0.15) is 5.78 Å². The molecule has 0 fully saturated rings. The first-order valence-corrected chi connectivity index (χ1v) is 18.5. The Kier molecular flexibility index (Phi) is 37.4. The first kappa shape index (κ1) is 50.1. The van der Waals surface area contributed by atoms with E-state index >= 15 is 0 Å². The fraction of sp³-hybridized carbons (Fsp3) is 0.912. The molecule has 0 aliphatic carbocycles. The Bertz CT molecular complexity index is 792. The lowest BCUT2D eigenvalue weighted by atomic mass is 9.83. The molecule has 0 aliphatic rings. The number of carbonyl (C=O) groups excluding carboxylic acids is 3. The van der Waals surface area contributed by atoms with Crippen LogP contribution in [-0.2, 0) is 57.0 Å². The quantitative estimate of drug-likeness (QED) is 0.0377. The van der Waals surface area contributed by atoms with Gasteiger partial charge in [0.15, 0.2) is 0 Å². The van der Waals surface area contributed by atoms with Crippen LogP contribution in [0.4, 0.5) is 0 Å². The van der Waals surface area contributed by atoms with E-state index in [9.17, 15) is 14.4 Å². The maximum absolute atomic E-state index is 12.6. The zero-order valence-corrected chi connectivity index (χ0v) is 31.4. The van der Waals surface area contributed by atoms with E-state index in [0.29, 0.717) is 164 Å². The van der Waals surface area contributed by atoms with Gasteiger partial charge in [-0.15, -0.1) is 0 Å². The van der Waals surface area contributed by atoms with Crippen LogP contribution in [-0.4, -0.2) is 175 Å². The average Bonchev–Trinajstić information content (AvgIpc) is 3.14. The molecule has 0 aromatic rings. The van der Waals surface area contributed by atoms with Gasteiger partial charge in [0.25, 0.3) is 0 Å². The van der Waals surface area contributed by atoms with Gasteiger partial charge < -0.3 is 76.2 Å². The Morgan fingerprint density at radius 2 is 0.673 bits per heavy atom. The van der Waals surface area contributed by atoms with Gasteiger partial charge in [-0.25, -0.2) is 0 Å². The number of Topliss-reactive ketones (excluding diaryl/α,β-unsaturated/α-hetero) is 1. The normalized spacial score (nSPS) is 11.6. The first-order chi connectivity index (χ1) is 25.4. The van der Waals surface area contributed by atoms with Crippen LogP contribution in [0.2, 0.25) is 0 Å². The predicted octanol–water partition coefficient (Wildman–Crippen LogP) is -1.76. The highest BCUT2D eigenvalue weighted by Crippen LogP contribution is 2.23. The number of nitrogens with two attached hydrogens (primary N) is 4. The molecule has 18 heteroatoms. The molecular weight excluding hydrogens is 684 g/mol. The number of rotatable bonds is 42. The van der Waals surface area contributed by atoms with Crippen LogP contribution in [0.1, 0.15) is 44.9 Å². The molecule has 0 saturated heterocycles. The van der Waals surface area contributed by atoms with Crippen molar-refractivity contribution in [1.82, 2.24) is 10.6 Å². The summed E-state index contributed by atoms with van der Waals surface area (Å²) in [4.78, 5) is 37.8. The number of nitrogens with one attached hydrogen (secondary N) is 2. The summed E-state index contributed by atoms with van der Waals surface area (Å²) in [5.74, 6) is -0.380. The molecule has 0 aromatic heterocycles. The zero-order valence-electron chi connectivity index (χ0n) is 31.4. The third-order valence-electron chi connectivity index (χ3n) is 7.28. The van der Waals surface area contributed by atoms with Crippen molar-refractivity contribution in [1.29, 1.82) is 0 Å². The predicted molar refractivity (Wildman–Crippen MR) is 195 cm³/mol. The summed E-state index contributed by atoms with van der Waals surface area (Å²) < 4.78 is 48.4. The molecule has 0 saturated carbocycles. The molecule has 0 aliphatic heterocycles.